The van der Waals surface area contributed by atoms with Gasteiger partial charge in [-0.1, -0.05) is 20.8 Å². The second-order valence-corrected chi connectivity index (χ2v) is 4.89. The molecule has 0 saturated carbocycles. The Labute approximate surface area is 116 Å². The highest BCUT2D eigenvalue weighted by atomic mass is 15.3. The van der Waals surface area contributed by atoms with Gasteiger partial charge in [0.1, 0.15) is 0 Å². The molecular formula is C13H26N6. The quantitative estimate of drug-likeness (QED) is 0.790. The van der Waals surface area contributed by atoms with Crippen molar-refractivity contribution in [1.82, 2.24) is 15.0 Å². The number of nitrogens with one attached hydrogen (secondary N) is 2. The summed E-state index contributed by atoms with van der Waals surface area (Å²) >= 11 is 0. The molecule has 0 amide bonds. The van der Waals surface area contributed by atoms with Crippen LogP contribution in [0, 0.1) is 0 Å². The third kappa shape index (κ3) is 3.68. The molecule has 19 heavy (non-hydrogen) atoms. The monoisotopic (exact) mass is 266 g/mol. The maximum Gasteiger partial charge on any atom is 0.231 e. The molecule has 0 aliphatic heterocycles. The minimum atomic E-state index is 0.0515. The Morgan fingerprint density at radius 3 is 1.89 bits per heavy atom. The lowest BCUT2D eigenvalue weighted by atomic mass is 9.90. The zero-order valence-electron chi connectivity index (χ0n) is 12.9. The molecule has 0 saturated heterocycles. The van der Waals surface area contributed by atoms with E-state index in [2.05, 4.69) is 46.4 Å². The predicted molar refractivity (Wildman–Crippen MR) is 80.9 cm³/mol. The van der Waals surface area contributed by atoms with E-state index in [1.54, 1.807) is 0 Å². The van der Waals surface area contributed by atoms with Gasteiger partial charge in [0.05, 0.1) is 0 Å². The first-order valence-corrected chi connectivity index (χ1v) is 6.89. The van der Waals surface area contributed by atoms with Crippen LogP contribution in [0.4, 0.5) is 17.8 Å². The summed E-state index contributed by atoms with van der Waals surface area (Å²) in [7, 11) is 5.65. The molecule has 0 spiro atoms. The van der Waals surface area contributed by atoms with Crippen molar-refractivity contribution < 1.29 is 0 Å². The number of nitrogens with zero attached hydrogens (tertiary/aromatic N) is 4. The van der Waals surface area contributed by atoms with E-state index in [1.165, 1.54) is 0 Å². The van der Waals surface area contributed by atoms with Crippen LogP contribution < -0.4 is 15.5 Å². The minimum absolute atomic E-state index is 0.0515. The molecule has 0 radical (unpaired) electrons. The van der Waals surface area contributed by atoms with Crippen LogP contribution in [-0.4, -0.2) is 41.6 Å². The SMILES string of the molecule is CCC(CC)(CC)Nc1nc(NC)nc(N(C)C)n1. The normalized spacial score (nSPS) is 11.3. The van der Waals surface area contributed by atoms with Crippen molar-refractivity contribution in [3.63, 3.8) is 0 Å². The maximum absolute atomic E-state index is 4.46. The Hall–Kier alpha value is -1.59. The Morgan fingerprint density at radius 2 is 1.47 bits per heavy atom. The zero-order chi connectivity index (χ0) is 14.5. The summed E-state index contributed by atoms with van der Waals surface area (Å²) in [4.78, 5) is 15.0. The van der Waals surface area contributed by atoms with Gasteiger partial charge >= 0.3 is 0 Å². The molecule has 108 valence electrons. The van der Waals surface area contributed by atoms with Crippen molar-refractivity contribution in [3.8, 4) is 0 Å². The topological polar surface area (TPSA) is 66.0 Å². The van der Waals surface area contributed by atoms with E-state index in [4.69, 9.17) is 0 Å². The number of anilines is 3. The predicted octanol–water partition coefficient (Wildman–Crippen LogP) is 2.36. The van der Waals surface area contributed by atoms with E-state index in [1.807, 2.05) is 26.0 Å². The van der Waals surface area contributed by atoms with Crippen LogP contribution in [0.1, 0.15) is 40.0 Å². The Kier molecular flexibility index (Phi) is 5.32. The second kappa shape index (κ2) is 6.54. The Morgan fingerprint density at radius 1 is 0.947 bits per heavy atom. The van der Waals surface area contributed by atoms with Crippen LogP contribution in [-0.2, 0) is 0 Å². The summed E-state index contributed by atoms with van der Waals surface area (Å²) in [5.41, 5.74) is 0.0515. The Bertz CT molecular complexity index is 392. The molecule has 0 aliphatic rings. The van der Waals surface area contributed by atoms with Gasteiger partial charge in [-0.25, -0.2) is 0 Å². The minimum Gasteiger partial charge on any atom is -0.357 e. The fourth-order valence-electron chi connectivity index (χ4n) is 1.98. The van der Waals surface area contributed by atoms with E-state index in [9.17, 15) is 0 Å². The first-order valence-electron chi connectivity index (χ1n) is 6.89. The summed E-state index contributed by atoms with van der Waals surface area (Å²) in [6, 6.07) is 0. The number of rotatable bonds is 7. The molecule has 6 heteroatoms. The number of hydrogen-bond donors (Lipinski definition) is 2. The molecule has 0 fully saturated rings. The molecule has 0 unspecified atom stereocenters. The average Bonchev–Trinajstić information content (AvgIpc) is 2.44. The molecule has 1 rings (SSSR count). The summed E-state index contributed by atoms with van der Waals surface area (Å²) in [6.07, 6.45) is 3.12. The maximum atomic E-state index is 4.46. The van der Waals surface area contributed by atoms with Crippen molar-refractivity contribution in [2.45, 2.75) is 45.6 Å². The lowest BCUT2D eigenvalue weighted by molar-refractivity contribution is 0.417. The summed E-state index contributed by atoms with van der Waals surface area (Å²) < 4.78 is 0. The lowest BCUT2D eigenvalue weighted by Crippen LogP contribution is -2.37. The highest BCUT2D eigenvalue weighted by Gasteiger charge is 2.25. The molecule has 0 aromatic carbocycles. The molecule has 2 N–H and O–H groups in total. The van der Waals surface area contributed by atoms with E-state index < -0.39 is 0 Å². The molecule has 6 nitrogen and oxygen atoms in total. The lowest BCUT2D eigenvalue weighted by Gasteiger charge is -2.32. The van der Waals surface area contributed by atoms with Gasteiger partial charge in [-0.3, -0.25) is 0 Å². The fourth-order valence-corrected chi connectivity index (χ4v) is 1.98. The molecule has 1 aromatic rings. The van der Waals surface area contributed by atoms with Gasteiger partial charge in [0.15, 0.2) is 0 Å². The van der Waals surface area contributed by atoms with Gasteiger partial charge < -0.3 is 15.5 Å². The first-order chi connectivity index (χ1) is 9.00. The van der Waals surface area contributed by atoms with Crippen molar-refractivity contribution >= 4 is 17.8 Å². The molecular weight excluding hydrogens is 240 g/mol. The standard InChI is InChI=1S/C13H26N6/c1-7-13(8-2,9-3)18-11-15-10(14-4)16-12(17-11)19(5)6/h7-9H2,1-6H3,(H2,14,15,16,17,18). The van der Waals surface area contributed by atoms with Crippen LogP contribution in [0.3, 0.4) is 0 Å². The van der Waals surface area contributed by atoms with Crippen LogP contribution in [0.15, 0.2) is 0 Å². The van der Waals surface area contributed by atoms with E-state index >= 15 is 0 Å². The first kappa shape index (κ1) is 15.5. The number of hydrogen-bond acceptors (Lipinski definition) is 6. The van der Waals surface area contributed by atoms with E-state index in [-0.39, 0.29) is 5.54 Å². The second-order valence-electron chi connectivity index (χ2n) is 4.89. The van der Waals surface area contributed by atoms with Crippen molar-refractivity contribution in [2.24, 2.45) is 0 Å². The van der Waals surface area contributed by atoms with Gasteiger partial charge in [0.2, 0.25) is 17.8 Å². The highest BCUT2D eigenvalue weighted by molar-refractivity contribution is 5.43. The Balaban J connectivity index is 3.08. The smallest absolute Gasteiger partial charge is 0.231 e. The van der Waals surface area contributed by atoms with E-state index in [0.717, 1.165) is 19.3 Å². The third-order valence-electron chi connectivity index (χ3n) is 3.65. The molecule has 0 aliphatic carbocycles. The highest BCUT2D eigenvalue weighted by Crippen LogP contribution is 2.24. The van der Waals surface area contributed by atoms with Gasteiger partial charge in [-0.2, -0.15) is 15.0 Å². The van der Waals surface area contributed by atoms with Crippen LogP contribution >= 0.6 is 0 Å². The average molecular weight is 266 g/mol. The zero-order valence-corrected chi connectivity index (χ0v) is 12.9. The van der Waals surface area contributed by atoms with Crippen molar-refractivity contribution in [1.29, 1.82) is 0 Å². The fraction of sp³-hybridized carbons (Fsp3) is 0.769. The summed E-state index contributed by atoms with van der Waals surface area (Å²) in [6.45, 7) is 6.56. The third-order valence-corrected chi connectivity index (χ3v) is 3.65. The largest absolute Gasteiger partial charge is 0.357 e. The van der Waals surface area contributed by atoms with Gasteiger partial charge in [-0.15, -0.1) is 0 Å². The van der Waals surface area contributed by atoms with Crippen molar-refractivity contribution in [2.75, 3.05) is 36.7 Å². The molecule has 0 atom stereocenters. The molecule has 1 aromatic heterocycles. The van der Waals surface area contributed by atoms with Gasteiger partial charge in [0, 0.05) is 26.7 Å². The van der Waals surface area contributed by atoms with Crippen LogP contribution in [0.2, 0.25) is 0 Å². The van der Waals surface area contributed by atoms with Crippen LogP contribution in [0.25, 0.3) is 0 Å². The van der Waals surface area contributed by atoms with Gasteiger partial charge in [-0.05, 0) is 19.3 Å². The van der Waals surface area contributed by atoms with Crippen molar-refractivity contribution in [3.05, 3.63) is 0 Å². The molecule has 0 bridgehead atoms. The van der Waals surface area contributed by atoms with Gasteiger partial charge in [0.25, 0.3) is 0 Å². The number of aromatic nitrogens is 3. The summed E-state index contributed by atoms with van der Waals surface area (Å²) in [5.74, 6) is 1.87. The molecule has 1 heterocycles. The summed E-state index contributed by atoms with van der Waals surface area (Å²) in [5, 5.41) is 6.46. The van der Waals surface area contributed by atoms with Crippen LogP contribution in [0.5, 0.6) is 0 Å². The van der Waals surface area contributed by atoms with E-state index in [0.29, 0.717) is 17.8 Å².